The highest BCUT2D eigenvalue weighted by Gasteiger charge is 2.33. The number of anilines is 1. The molecule has 0 spiro atoms. The second-order valence-electron chi connectivity index (χ2n) is 7.91. The number of aromatic nitrogens is 1. The zero-order valence-corrected chi connectivity index (χ0v) is 20.2. The van der Waals surface area contributed by atoms with Crippen LogP contribution in [-0.4, -0.2) is 52.8 Å². The number of piperidine rings is 1. The number of nitriles is 1. The van der Waals surface area contributed by atoms with Crippen molar-refractivity contribution in [3.63, 3.8) is 0 Å². The fourth-order valence-corrected chi connectivity index (χ4v) is 5.16. The molecule has 11 heteroatoms. The van der Waals surface area contributed by atoms with E-state index in [1.54, 1.807) is 12.0 Å². The van der Waals surface area contributed by atoms with E-state index in [0.29, 0.717) is 54.0 Å². The summed E-state index contributed by atoms with van der Waals surface area (Å²) in [6, 6.07) is 9.71. The summed E-state index contributed by atoms with van der Waals surface area (Å²) >= 11 is 6.59. The third kappa shape index (κ3) is 5.08. The lowest BCUT2D eigenvalue weighted by atomic mass is 9.96. The average molecular weight is 498 g/mol. The van der Waals surface area contributed by atoms with E-state index in [4.69, 9.17) is 27.1 Å². The molecule has 0 saturated carbocycles. The number of hydrogen-bond donors (Lipinski definition) is 1. The first-order valence-electron chi connectivity index (χ1n) is 10.7. The first kappa shape index (κ1) is 23.8. The molecule has 2 saturated heterocycles. The topological polar surface area (TPSA) is 126 Å². The number of nitrogens with zero attached hydrogens (tertiary/aromatic N) is 4. The number of amides is 2. The van der Waals surface area contributed by atoms with E-state index in [-0.39, 0.29) is 29.3 Å². The van der Waals surface area contributed by atoms with Crippen LogP contribution in [0.4, 0.5) is 5.88 Å². The fraction of sp³-hybridized carbons (Fsp3) is 0.348. The van der Waals surface area contributed by atoms with Gasteiger partial charge in [0, 0.05) is 31.6 Å². The van der Waals surface area contributed by atoms with Gasteiger partial charge in [0.1, 0.15) is 16.1 Å². The molecule has 0 atom stereocenters. The summed E-state index contributed by atoms with van der Waals surface area (Å²) < 4.78 is 11.5. The summed E-state index contributed by atoms with van der Waals surface area (Å²) in [6.45, 7) is 1.51. The minimum absolute atomic E-state index is 0.138. The minimum Gasteiger partial charge on any atom is -0.497 e. The molecule has 0 unspecified atom stereocenters. The molecule has 2 aliphatic heterocycles. The van der Waals surface area contributed by atoms with Gasteiger partial charge in [-0.1, -0.05) is 36.1 Å². The number of thiocarbonyl (C=S) groups is 1. The van der Waals surface area contributed by atoms with Gasteiger partial charge in [-0.05, 0) is 37.0 Å². The molecule has 2 aliphatic rings. The maximum atomic E-state index is 12.9. The molecular weight excluding hydrogens is 474 g/mol. The fourth-order valence-electron chi connectivity index (χ4n) is 3.88. The van der Waals surface area contributed by atoms with Crippen LogP contribution >= 0.6 is 24.0 Å². The predicted octanol–water partition coefficient (Wildman–Crippen LogP) is 2.70. The van der Waals surface area contributed by atoms with E-state index in [0.717, 1.165) is 11.3 Å². The Kier molecular flexibility index (Phi) is 7.19. The molecule has 0 bridgehead atoms. The number of rotatable bonds is 7. The molecular formula is C23H23N5O4S2. The second kappa shape index (κ2) is 10.3. The Morgan fingerprint density at radius 1 is 1.38 bits per heavy atom. The van der Waals surface area contributed by atoms with Gasteiger partial charge in [0.25, 0.3) is 5.91 Å². The highest BCUT2D eigenvalue weighted by atomic mass is 32.2. The molecule has 9 nitrogen and oxygen atoms in total. The molecule has 2 fully saturated rings. The molecule has 0 aliphatic carbocycles. The standard InChI is InChI=1S/C23H23N5O4S2/c1-31-16-4-2-14(3-5-16)6-11-28-21(30)18(34-23(28)33)12-19-26-17(13-24)22(32-19)27-9-7-15(8-10-27)20(25)29/h2-5,12,15H,6-11H2,1H3,(H2,25,29)/b18-12+. The van der Waals surface area contributed by atoms with E-state index in [2.05, 4.69) is 4.98 Å². The largest absolute Gasteiger partial charge is 0.497 e. The second-order valence-corrected chi connectivity index (χ2v) is 9.59. The van der Waals surface area contributed by atoms with Crippen molar-refractivity contribution in [2.75, 3.05) is 31.6 Å². The van der Waals surface area contributed by atoms with Crippen molar-refractivity contribution < 1.29 is 18.7 Å². The molecule has 1 aromatic heterocycles. The summed E-state index contributed by atoms with van der Waals surface area (Å²) in [5, 5.41) is 9.51. The van der Waals surface area contributed by atoms with Crippen molar-refractivity contribution in [3.8, 4) is 11.8 Å². The number of benzene rings is 1. The number of carbonyl (C=O) groups is 2. The Bertz CT molecular complexity index is 1180. The first-order valence-corrected chi connectivity index (χ1v) is 12.0. The Hall–Kier alpha value is -3.36. The number of oxazole rings is 1. The molecule has 2 N–H and O–H groups in total. The van der Waals surface area contributed by atoms with E-state index in [9.17, 15) is 14.9 Å². The minimum atomic E-state index is -0.313. The predicted molar refractivity (Wildman–Crippen MR) is 132 cm³/mol. The highest BCUT2D eigenvalue weighted by Crippen LogP contribution is 2.34. The summed E-state index contributed by atoms with van der Waals surface area (Å²) in [5.41, 5.74) is 6.60. The van der Waals surface area contributed by atoms with Gasteiger partial charge in [-0.15, -0.1) is 0 Å². The molecule has 0 radical (unpaired) electrons. The van der Waals surface area contributed by atoms with E-state index in [1.165, 1.54) is 17.8 Å². The Balaban J connectivity index is 1.44. The average Bonchev–Trinajstić information content (AvgIpc) is 3.38. The number of nitrogens with two attached hydrogens (primary N) is 1. The summed E-state index contributed by atoms with van der Waals surface area (Å²) in [4.78, 5) is 32.4. The van der Waals surface area contributed by atoms with Crippen molar-refractivity contribution in [2.24, 2.45) is 11.7 Å². The summed E-state index contributed by atoms with van der Waals surface area (Å²) in [6.07, 6.45) is 3.34. The van der Waals surface area contributed by atoms with Crippen LogP contribution in [0.15, 0.2) is 33.6 Å². The van der Waals surface area contributed by atoms with Gasteiger partial charge in [0.15, 0.2) is 0 Å². The Morgan fingerprint density at radius 3 is 2.71 bits per heavy atom. The van der Waals surface area contributed by atoms with E-state index < -0.39 is 0 Å². The third-order valence-electron chi connectivity index (χ3n) is 5.83. The van der Waals surface area contributed by atoms with Crippen LogP contribution in [-0.2, 0) is 16.0 Å². The highest BCUT2D eigenvalue weighted by molar-refractivity contribution is 8.26. The normalized spacial score (nSPS) is 17.9. The lowest BCUT2D eigenvalue weighted by Crippen LogP contribution is -2.38. The monoisotopic (exact) mass is 497 g/mol. The Morgan fingerprint density at radius 2 is 2.09 bits per heavy atom. The van der Waals surface area contributed by atoms with E-state index >= 15 is 0 Å². The Labute approximate surface area is 206 Å². The van der Waals surface area contributed by atoms with Crippen LogP contribution < -0.4 is 15.4 Å². The van der Waals surface area contributed by atoms with Crippen LogP contribution in [0.1, 0.15) is 30.0 Å². The molecule has 2 amide bonds. The number of primary amides is 1. The van der Waals surface area contributed by atoms with Crippen molar-refractivity contribution >= 4 is 52.1 Å². The first-order chi connectivity index (χ1) is 16.4. The van der Waals surface area contributed by atoms with Crippen molar-refractivity contribution in [1.29, 1.82) is 5.26 Å². The molecule has 34 heavy (non-hydrogen) atoms. The third-order valence-corrected chi connectivity index (χ3v) is 7.21. The zero-order chi connectivity index (χ0) is 24.2. The lowest BCUT2D eigenvalue weighted by molar-refractivity contribution is -0.123. The van der Waals surface area contributed by atoms with Gasteiger partial charge >= 0.3 is 0 Å². The number of methoxy groups -OCH3 is 1. The van der Waals surface area contributed by atoms with Crippen LogP contribution in [0.5, 0.6) is 5.75 Å². The van der Waals surface area contributed by atoms with Gasteiger partial charge in [-0.2, -0.15) is 10.2 Å². The number of thioether (sulfide) groups is 1. The van der Waals surface area contributed by atoms with Gasteiger partial charge in [0.05, 0.1) is 12.0 Å². The molecule has 1 aromatic carbocycles. The van der Waals surface area contributed by atoms with Crippen LogP contribution in [0.25, 0.3) is 6.08 Å². The molecule has 3 heterocycles. The van der Waals surface area contributed by atoms with Crippen LogP contribution in [0.3, 0.4) is 0 Å². The number of carbonyl (C=O) groups excluding carboxylic acids is 2. The number of hydrogen-bond acceptors (Lipinski definition) is 9. The zero-order valence-electron chi connectivity index (χ0n) is 18.5. The number of ether oxygens (including phenoxy) is 1. The molecule has 176 valence electrons. The maximum absolute atomic E-state index is 12.9. The van der Waals surface area contributed by atoms with E-state index in [1.807, 2.05) is 35.2 Å². The summed E-state index contributed by atoms with van der Waals surface area (Å²) in [7, 11) is 1.61. The molecule has 2 aromatic rings. The summed E-state index contributed by atoms with van der Waals surface area (Å²) in [5.74, 6) is 0.572. The van der Waals surface area contributed by atoms with Crippen molar-refractivity contribution in [2.45, 2.75) is 19.3 Å². The SMILES string of the molecule is COc1ccc(CCN2C(=O)/C(=C\c3nc(C#N)c(N4CCC(C(N)=O)CC4)o3)SC2=S)cc1. The smallest absolute Gasteiger partial charge is 0.266 e. The van der Waals surface area contributed by atoms with Gasteiger partial charge in [0.2, 0.25) is 23.4 Å². The quantitative estimate of drug-likeness (QED) is 0.454. The maximum Gasteiger partial charge on any atom is 0.266 e. The lowest BCUT2D eigenvalue weighted by Gasteiger charge is -2.30. The van der Waals surface area contributed by atoms with Gasteiger partial charge in [-0.25, -0.2) is 0 Å². The van der Waals surface area contributed by atoms with Crippen LogP contribution in [0, 0.1) is 17.2 Å². The molecule has 4 rings (SSSR count). The van der Waals surface area contributed by atoms with Crippen molar-refractivity contribution in [3.05, 3.63) is 46.3 Å². The van der Waals surface area contributed by atoms with Crippen LogP contribution in [0.2, 0.25) is 0 Å². The van der Waals surface area contributed by atoms with Crippen molar-refractivity contribution in [1.82, 2.24) is 9.88 Å². The van der Waals surface area contributed by atoms with Gasteiger partial charge < -0.3 is 19.8 Å². The van der Waals surface area contributed by atoms with Gasteiger partial charge in [-0.3, -0.25) is 14.5 Å².